The molecular formula is C38H28N2O2. The number of fused-ring (bicyclic) bond motifs is 1. The Hall–Kier alpha value is -5.35. The fourth-order valence-electron chi connectivity index (χ4n) is 6.50. The van der Waals surface area contributed by atoms with Crippen LogP contribution in [0.2, 0.25) is 0 Å². The summed E-state index contributed by atoms with van der Waals surface area (Å²) in [6.07, 6.45) is 0. The fourth-order valence-corrected chi connectivity index (χ4v) is 6.50. The molecule has 8 rings (SSSR count). The van der Waals surface area contributed by atoms with E-state index in [0.29, 0.717) is 0 Å². The number of ether oxygens (including phenoxy) is 2. The van der Waals surface area contributed by atoms with Gasteiger partial charge in [0, 0.05) is 12.6 Å². The number of hydrogen-bond acceptors (Lipinski definition) is 3. The van der Waals surface area contributed by atoms with Gasteiger partial charge in [0.2, 0.25) is 0 Å². The van der Waals surface area contributed by atoms with Gasteiger partial charge in [-0.05, 0) is 97.0 Å². The van der Waals surface area contributed by atoms with Crippen LogP contribution in [0, 0.1) is 0 Å². The molecule has 0 atom stereocenters. The first kappa shape index (κ1) is 24.4. The molecule has 1 heterocycles. The molecule has 0 N–H and O–H groups in total. The smallest absolute Gasteiger partial charge is 0.141 e. The van der Waals surface area contributed by atoms with Gasteiger partial charge in [0.1, 0.15) is 17.3 Å². The largest absolute Gasteiger partial charge is 0.497 e. The number of aryl methyl sites for hydroxylation is 1. The molecule has 202 valence electrons. The van der Waals surface area contributed by atoms with Crippen molar-refractivity contribution in [3.63, 3.8) is 0 Å². The molecule has 0 bridgehead atoms. The molecule has 42 heavy (non-hydrogen) atoms. The molecule has 0 amide bonds. The second kappa shape index (κ2) is 9.35. The zero-order valence-electron chi connectivity index (χ0n) is 23.7. The molecule has 0 aliphatic heterocycles. The number of para-hydroxylation sites is 2. The SMILES string of the molecule is COc1ccc(-c2ccc3ccc4c(-c5ccc(OC)cc5)cc(-c5nc6ccccc6n5C)c5ccc2c3c45)cc1. The first-order valence-electron chi connectivity index (χ1n) is 14.1. The third-order valence-electron chi connectivity index (χ3n) is 8.61. The second-order valence-electron chi connectivity index (χ2n) is 10.8. The van der Waals surface area contributed by atoms with Gasteiger partial charge in [-0.25, -0.2) is 4.98 Å². The number of benzene rings is 7. The highest BCUT2D eigenvalue weighted by atomic mass is 16.5. The maximum Gasteiger partial charge on any atom is 0.141 e. The predicted octanol–water partition coefficient (Wildman–Crippen LogP) is 9.49. The van der Waals surface area contributed by atoms with Gasteiger partial charge < -0.3 is 14.0 Å². The Labute approximate surface area is 243 Å². The van der Waals surface area contributed by atoms with Crippen LogP contribution in [0.5, 0.6) is 11.5 Å². The molecule has 0 saturated heterocycles. The zero-order valence-corrected chi connectivity index (χ0v) is 23.7. The summed E-state index contributed by atoms with van der Waals surface area (Å²) >= 11 is 0. The fraction of sp³-hybridized carbons (Fsp3) is 0.0789. The molecule has 0 radical (unpaired) electrons. The molecule has 4 nitrogen and oxygen atoms in total. The van der Waals surface area contributed by atoms with Crippen molar-refractivity contribution >= 4 is 43.4 Å². The van der Waals surface area contributed by atoms with E-state index in [9.17, 15) is 0 Å². The lowest BCUT2D eigenvalue weighted by atomic mass is 9.85. The second-order valence-corrected chi connectivity index (χ2v) is 10.8. The van der Waals surface area contributed by atoms with Crippen LogP contribution in [0.1, 0.15) is 0 Å². The van der Waals surface area contributed by atoms with Gasteiger partial charge in [0.15, 0.2) is 0 Å². The van der Waals surface area contributed by atoms with E-state index in [1.54, 1.807) is 14.2 Å². The van der Waals surface area contributed by atoms with Crippen molar-refractivity contribution in [2.75, 3.05) is 14.2 Å². The molecular weight excluding hydrogens is 516 g/mol. The van der Waals surface area contributed by atoms with Crippen molar-refractivity contribution < 1.29 is 9.47 Å². The topological polar surface area (TPSA) is 36.3 Å². The lowest BCUT2D eigenvalue weighted by Gasteiger charge is -2.19. The number of rotatable bonds is 5. The molecule has 4 heteroatoms. The molecule has 0 spiro atoms. The van der Waals surface area contributed by atoms with Crippen LogP contribution >= 0.6 is 0 Å². The summed E-state index contributed by atoms with van der Waals surface area (Å²) in [5, 5.41) is 7.42. The van der Waals surface area contributed by atoms with Gasteiger partial charge in [-0.3, -0.25) is 0 Å². The van der Waals surface area contributed by atoms with E-state index >= 15 is 0 Å². The van der Waals surface area contributed by atoms with Gasteiger partial charge in [-0.2, -0.15) is 0 Å². The molecule has 0 aliphatic rings. The predicted molar refractivity (Wildman–Crippen MR) is 174 cm³/mol. The van der Waals surface area contributed by atoms with Crippen LogP contribution in [-0.2, 0) is 7.05 Å². The summed E-state index contributed by atoms with van der Waals surface area (Å²) < 4.78 is 13.1. The maximum atomic E-state index is 5.48. The van der Waals surface area contributed by atoms with Gasteiger partial charge in [0.05, 0.1) is 25.3 Å². The van der Waals surface area contributed by atoms with Gasteiger partial charge in [-0.15, -0.1) is 0 Å². The highest BCUT2D eigenvalue weighted by Crippen LogP contribution is 2.46. The Balaban J connectivity index is 1.49. The quantitative estimate of drug-likeness (QED) is 0.203. The molecule has 0 unspecified atom stereocenters. The Morgan fingerprint density at radius 1 is 0.548 bits per heavy atom. The van der Waals surface area contributed by atoms with Crippen LogP contribution in [0.4, 0.5) is 0 Å². The van der Waals surface area contributed by atoms with Crippen LogP contribution in [0.3, 0.4) is 0 Å². The number of nitrogens with zero attached hydrogens (tertiary/aromatic N) is 2. The van der Waals surface area contributed by atoms with Crippen LogP contribution in [0.25, 0.3) is 77.0 Å². The van der Waals surface area contributed by atoms with Crippen molar-refractivity contribution in [3.05, 3.63) is 115 Å². The molecule has 8 aromatic rings. The third-order valence-corrected chi connectivity index (χ3v) is 8.61. The van der Waals surface area contributed by atoms with Gasteiger partial charge >= 0.3 is 0 Å². The summed E-state index contributed by atoms with van der Waals surface area (Å²) in [4.78, 5) is 5.14. The van der Waals surface area contributed by atoms with Crippen LogP contribution < -0.4 is 9.47 Å². The summed E-state index contributed by atoms with van der Waals surface area (Å²) in [6.45, 7) is 0. The van der Waals surface area contributed by atoms with E-state index in [-0.39, 0.29) is 0 Å². The Morgan fingerprint density at radius 3 is 1.79 bits per heavy atom. The van der Waals surface area contributed by atoms with Crippen LogP contribution in [-0.4, -0.2) is 23.8 Å². The molecule has 1 aromatic heterocycles. The third kappa shape index (κ3) is 3.58. The summed E-state index contributed by atoms with van der Waals surface area (Å²) in [5.41, 5.74) is 7.93. The first-order chi connectivity index (χ1) is 20.6. The van der Waals surface area contributed by atoms with E-state index < -0.39 is 0 Å². The van der Waals surface area contributed by atoms with Crippen molar-refractivity contribution in [2.24, 2.45) is 7.05 Å². The number of methoxy groups -OCH3 is 2. The Kier molecular flexibility index (Phi) is 5.44. The van der Waals surface area contributed by atoms with Crippen molar-refractivity contribution in [1.29, 1.82) is 0 Å². The molecule has 0 fully saturated rings. The summed E-state index contributed by atoms with van der Waals surface area (Å²) in [7, 11) is 5.51. The number of imidazole rings is 1. The van der Waals surface area contributed by atoms with E-state index in [2.05, 4.69) is 96.5 Å². The normalized spacial score (nSPS) is 11.7. The standard InChI is InChI=1S/C38H28N2O2/c1-40-35-7-5-4-6-34(35)39-38(40)33-22-32(24-10-16-27(42-3)17-11-24)30-19-13-25-12-18-28(23-8-14-26(41-2)15-9-23)29-20-21-31(33)37(30)36(25)29/h4-22H,1-3H3. The minimum Gasteiger partial charge on any atom is -0.497 e. The number of hydrogen-bond donors (Lipinski definition) is 0. The zero-order chi connectivity index (χ0) is 28.4. The highest BCUT2D eigenvalue weighted by Gasteiger charge is 2.21. The average molecular weight is 545 g/mol. The van der Waals surface area contributed by atoms with Gasteiger partial charge in [-0.1, -0.05) is 72.8 Å². The van der Waals surface area contributed by atoms with E-state index in [4.69, 9.17) is 14.5 Å². The summed E-state index contributed by atoms with van der Waals surface area (Å²) in [6, 6.07) is 40.9. The lowest BCUT2D eigenvalue weighted by molar-refractivity contribution is 0.415. The minimum atomic E-state index is 0.844. The maximum absolute atomic E-state index is 5.48. The molecule has 7 aromatic carbocycles. The Bertz CT molecular complexity index is 2260. The number of aromatic nitrogens is 2. The molecule has 0 saturated carbocycles. The van der Waals surface area contributed by atoms with Crippen LogP contribution in [0.15, 0.2) is 115 Å². The van der Waals surface area contributed by atoms with Crippen molar-refractivity contribution in [1.82, 2.24) is 9.55 Å². The lowest BCUT2D eigenvalue weighted by Crippen LogP contribution is -1.97. The van der Waals surface area contributed by atoms with Crippen molar-refractivity contribution in [2.45, 2.75) is 0 Å². The van der Waals surface area contributed by atoms with E-state index in [0.717, 1.165) is 39.5 Å². The summed E-state index contributed by atoms with van der Waals surface area (Å²) in [5.74, 6) is 2.66. The Morgan fingerprint density at radius 2 is 1.12 bits per heavy atom. The van der Waals surface area contributed by atoms with Gasteiger partial charge in [0.25, 0.3) is 0 Å². The minimum absolute atomic E-state index is 0.844. The monoisotopic (exact) mass is 544 g/mol. The first-order valence-corrected chi connectivity index (χ1v) is 14.1. The van der Waals surface area contributed by atoms with E-state index in [1.165, 1.54) is 49.0 Å². The highest BCUT2D eigenvalue weighted by molar-refractivity contribution is 6.29. The van der Waals surface area contributed by atoms with Crippen molar-refractivity contribution in [3.8, 4) is 45.1 Å². The van der Waals surface area contributed by atoms with E-state index in [1.807, 2.05) is 30.3 Å². The molecule has 0 aliphatic carbocycles. The average Bonchev–Trinajstić information content (AvgIpc) is 3.39.